The molecule has 90 valence electrons. The highest BCUT2D eigenvalue weighted by atomic mass is 79.9. The SMILES string of the molecule is O=c1c(Br)c(NCC(F)F)cnn1CCO. The molecule has 16 heavy (non-hydrogen) atoms. The lowest BCUT2D eigenvalue weighted by Gasteiger charge is -2.09. The highest BCUT2D eigenvalue weighted by Crippen LogP contribution is 2.16. The number of anilines is 1. The Bertz CT molecular complexity index is 411. The van der Waals surface area contributed by atoms with Crippen LogP contribution in [-0.4, -0.2) is 34.5 Å². The molecule has 0 saturated carbocycles. The first-order valence-electron chi connectivity index (χ1n) is 4.44. The molecule has 1 aromatic rings. The van der Waals surface area contributed by atoms with E-state index in [9.17, 15) is 13.6 Å². The maximum absolute atomic E-state index is 11.9. The van der Waals surface area contributed by atoms with E-state index in [1.807, 2.05) is 0 Å². The fraction of sp³-hybridized carbons (Fsp3) is 0.500. The molecule has 0 unspecified atom stereocenters. The van der Waals surface area contributed by atoms with E-state index in [1.165, 1.54) is 6.20 Å². The Kier molecular flexibility index (Phi) is 4.81. The van der Waals surface area contributed by atoms with Crippen molar-refractivity contribution in [2.75, 3.05) is 18.5 Å². The molecule has 0 aliphatic heterocycles. The second-order valence-corrected chi connectivity index (χ2v) is 3.69. The van der Waals surface area contributed by atoms with Crippen LogP contribution in [0.3, 0.4) is 0 Å². The smallest absolute Gasteiger partial charge is 0.283 e. The molecule has 1 aromatic heterocycles. The third-order valence-electron chi connectivity index (χ3n) is 1.74. The zero-order chi connectivity index (χ0) is 12.1. The Hall–Kier alpha value is -1.02. The molecule has 0 fully saturated rings. The lowest BCUT2D eigenvalue weighted by molar-refractivity contribution is 0.163. The topological polar surface area (TPSA) is 67.2 Å². The van der Waals surface area contributed by atoms with Crippen molar-refractivity contribution >= 4 is 21.6 Å². The van der Waals surface area contributed by atoms with E-state index in [0.717, 1.165) is 4.68 Å². The molecule has 0 atom stereocenters. The average molecular weight is 298 g/mol. The van der Waals surface area contributed by atoms with Gasteiger partial charge in [-0.2, -0.15) is 5.10 Å². The highest BCUT2D eigenvalue weighted by molar-refractivity contribution is 9.10. The van der Waals surface area contributed by atoms with Crippen LogP contribution in [0.2, 0.25) is 0 Å². The van der Waals surface area contributed by atoms with Crippen LogP contribution in [0.15, 0.2) is 15.5 Å². The number of nitrogens with one attached hydrogen (secondary N) is 1. The Balaban J connectivity index is 2.89. The van der Waals surface area contributed by atoms with Crippen LogP contribution in [0, 0.1) is 0 Å². The minimum absolute atomic E-state index is 0.0621. The number of aliphatic hydroxyl groups is 1. The molecule has 0 aliphatic rings. The van der Waals surface area contributed by atoms with Crippen LogP contribution in [0.1, 0.15) is 0 Å². The summed E-state index contributed by atoms with van der Waals surface area (Å²) in [5.41, 5.74) is -0.271. The van der Waals surface area contributed by atoms with Gasteiger partial charge >= 0.3 is 0 Å². The Labute approximate surface area is 98.2 Å². The number of hydrogen-bond acceptors (Lipinski definition) is 4. The molecular weight excluding hydrogens is 288 g/mol. The van der Waals surface area contributed by atoms with Crippen molar-refractivity contribution in [3.8, 4) is 0 Å². The second kappa shape index (κ2) is 5.90. The zero-order valence-corrected chi connectivity index (χ0v) is 9.75. The van der Waals surface area contributed by atoms with Crippen molar-refractivity contribution in [3.05, 3.63) is 21.0 Å². The Morgan fingerprint density at radius 1 is 1.62 bits per heavy atom. The lowest BCUT2D eigenvalue weighted by Crippen LogP contribution is -2.26. The first-order valence-corrected chi connectivity index (χ1v) is 5.24. The van der Waals surface area contributed by atoms with E-state index >= 15 is 0 Å². The van der Waals surface area contributed by atoms with Gasteiger partial charge in [-0.1, -0.05) is 0 Å². The van der Waals surface area contributed by atoms with Crippen LogP contribution < -0.4 is 10.9 Å². The van der Waals surface area contributed by atoms with E-state index < -0.39 is 18.5 Å². The van der Waals surface area contributed by atoms with Gasteiger partial charge in [0.2, 0.25) is 0 Å². The van der Waals surface area contributed by atoms with Gasteiger partial charge in [0.1, 0.15) is 4.47 Å². The molecule has 0 saturated heterocycles. The first-order chi connectivity index (χ1) is 7.56. The Morgan fingerprint density at radius 2 is 2.31 bits per heavy atom. The molecule has 8 heteroatoms. The van der Waals surface area contributed by atoms with Gasteiger partial charge in [-0.25, -0.2) is 13.5 Å². The van der Waals surface area contributed by atoms with Crippen LogP contribution in [0.25, 0.3) is 0 Å². The first kappa shape index (κ1) is 13.0. The average Bonchev–Trinajstić information content (AvgIpc) is 2.24. The summed E-state index contributed by atoms with van der Waals surface area (Å²) in [6, 6.07) is 0. The van der Waals surface area contributed by atoms with Gasteiger partial charge < -0.3 is 10.4 Å². The maximum Gasteiger partial charge on any atom is 0.283 e. The summed E-state index contributed by atoms with van der Waals surface area (Å²) < 4.78 is 25.0. The molecule has 0 amide bonds. The molecule has 0 spiro atoms. The van der Waals surface area contributed by atoms with Gasteiger partial charge in [-0.05, 0) is 15.9 Å². The third kappa shape index (κ3) is 3.24. The molecule has 0 aliphatic carbocycles. The summed E-state index contributed by atoms with van der Waals surface area (Å²) in [6.45, 7) is -0.709. The normalized spacial score (nSPS) is 10.8. The van der Waals surface area contributed by atoms with Crippen molar-refractivity contribution in [3.63, 3.8) is 0 Å². The number of alkyl halides is 2. The van der Waals surface area contributed by atoms with E-state index in [1.54, 1.807) is 0 Å². The number of aromatic nitrogens is 2. The Morgan fingerprint density at radius 3 is 2.88 bits per heavy atom. The molecule has 1 rings (SSSR count). The summed E-state index contributed by atoms with van der Waals surface area (Å²) in [5, 5.41) is 14.8. The van der Waals surface area contributed by atoms with Gasteiger partial charge in [-0.3, -0.25) is 4.79 Å². The summed E-state index contributed by atoms with van der Waals surface area (Å²) in [5.74, 6) is 0. The predicted molar refractivity (Wildman–Crippen MR) is 57.8 cm³/mol. The van der Waals surface area contributed by atoms with Gasteiger partial charge in [-0.15, -0.1) is 0 Å². The highest BCUT2D eigenvalue weighted by Gasteiger charge is 2.10. The standard InChI is InChI=1S/C8H10BrF2N3O2/c9-7-5(12-4-6(10)11)3-13-14(1-2-15)8(7)16/h3,6,12,15H,1-2,4H2. The van der Waals surface area contributed by atoms with Crippen molar-refractivity contribution in [1.82, 2.24) is 9.78 Å². The second-order valence-electron chi connectivity index (χ2n) is 2.90. The summed E-state index contributed by atoms with van der Waals surface area (Å²) in [4.78, 5) is 11.5. The number of rotatable bonds is 5. The quantitative estimate of drug-likeness (QED) is 0.838. The third-order valence-corrected chi connectivity index (χ3v) is 2.51. The maximum atomic E-state index is 11.9. The summed E-state index contributed by atoms with van der Waals surface area (Å²) >= 11 is 2.99. The van der Waals surface area contributed by atoms with Gasteiger partial charge in [0, 0.05) is 0 Å². The largest absolute Gasteiger partial charge is 0.394 e. The van der Waals surface area contributed by atoms with Gasteiger partial charge in [0.15, 0.2) is 0 Å². The van der Waals surface area contributed by atoms with E-state index in [4.69, 9.17) is 5.11 Å². The van der Waals surface area contributed by atoms with Crippen molar-refractivity contribution in [2.45, 2.75) is 13.0 Å². The van der Waals surface area contributed by atoms with Crippen LogP contribution >= 0.6 is 15.9 Å². The summed E-state index contributed by atoms with van der Waals surface area (Å²) in [7, 11) is 0. The molecule has 2 N–H and O–H groups in total. The molecule has 0 aromatic carbocycles. The number of halogens is 3. The minimum atomic E-state index is -2.51. The molecular formula is C8H10BrF2N3O2. The van der Waals surface area contributed by atoms with E-state index in [-0.39, 0.29) is 23.3 Å². The molecule has 0 bridgehead atoms. The minimum Gasteiger partial charge on any atom is -0.394 e. The van der Waals surface area contributed by atoms with Crippen LogP contribution in [-0.2, 0) is 6.54 Å². The number of nitrogens with zero attached hydrogens (tertiary/aromatic N) is 2. The van der Waals surface area contributed by atoms with E-state index in [0.29, 0.717) is 0 Å². The summed E-state index contributed by atoms with van der Waals surface area (Å²) in [6.07, 6.45) is -1.25. The van der Waals surface area contributed by atoms with Gasteiger partial charge in [0.25, 0.3) is 12.0 Å². The van der Waals surface area contributed by atoms with Crippen molar-refractivity contribution in [1.29, 1.82) is 0 Å². The van der Waals surface area contributed by atoms with Gasteiger partial charge in [0.05, 0.1) is 31.6 Å². The molecule has 5 nitrogen and oxygen atoms in total. The number of aliphatic hydroxyl groups excluding tert-OH is 1. The lowest BCUT2D eigenvalue weighted by atomic mass is 10.4. The fourth-order valence-electron chi connectivity index (χ4n) is 1.03. The fourth-order valence-corrected chi connectivity index (χ4v) is 1.48. The predicted octanol–water partition coefficient (Wildman–Crippen LogP) is 0.675. The van der Waals surface area contributed by atoms with Crippen molar-refractivity contribution < 1.29 is 13.9 Å². The molecule has 0 radical (unpaired) electrons. The van der Waals surface area contributed by atoms with E-state index in [2.05, 4.69) is 26.3 Å². The van der Waals surface area contributed by atoms with Crippen LogP contribution in [0.5, 0.6) is 0 Å². The monoisotopic (exact) mass is 297 g/mol. The number of hydrogen-bond donors (Lipinski definition) is 2. The van der Waals surface area contributed by atoms with Crippen molar-refractivity contribution in [2.24, 2.45) is 0 Å². The van der Waals surface area contributed by atoms with Crippen LogP contribution in [0.4, 0.5) is 14.5 Å². The molecule has 1 heterocycles. The zero-order valence-electron chi connectivity index (χ0n) is 8.16.